The predicted octanol–water partition coefficient (Wildman–Crippen LogP) is 3.90. The summed E-state index contributed by atoms with van der Waals surface area (Å²) in [7, 11) is 0. The molecule has 26 heavy (non-hydrogen) atoms. The van der Waals surface area contributed by atoms with Crippen LogP contribution < -0.4 is 10.2 Å². The number of pyridine rings is 1. The molecule has 0 saturated heterocycles. The lowest BCUT2D eigenvalue weighted by Crippen LogP contribution is -2.44. The molecule has 0 bridgehead atoms. The molecule has 0 saturated carbocycles. The third-order valence-corrected chi connectivity index (χ3v) is 4.26. The Kier molecular flexibility index (Phi) is 4.19. The smallest absolute Gasteiger partial charge is 0.247 e. The average Bonchev–Trinajstić information content (AvgIpc) is 2.69. The number of carbonyl (C=O) groups is 1. The van der Waals surface area contributed by atoms with Gasteiger partial charge in [0.2, 0.25) is 5.91 Å². The van der Waals surface area contributed by atoms with Crippen LogP contribution in [0.15, 0.2) is 85.2 Å². The highest BCUT2D eigenvalue weighted by Crippen LogP contribution is 2.36. The number of amides is 1. The number of nitrogens with one attached hydrogen (secondary N) is 1. The van der Waals surface area contributed by atoms with Gasteiger partial charge in [-0.25, -0.2) is 4.39 Å². The van der Waals surface area contributed by atoms with E-state index >= 15 is 0 Å². The number of nitrogens with zero attached hydrogens (tertiary/aromatic N) is 2. The topological polar surface area (TPSA) is 45.2 Å². The number of benzene rings is 2. The summed E-state index contributed by atoms with van der Waals surface area (Å²) in [5, 5.41) is 3.00. The van der Waals surface area contributed by atoms with E-state index in [1.165, 1.54) is 12.1 Å². The summed E-state index contributed by atoms with van der Waals surface area (Å²) in [4.78, 5) is 18.4. The molecule has 1 aromatic heterocycles. The lowest BCUT2D eigenvalue weighted by atomic mass is 10.0. The van der Waals surface area contributed by atoms with E-state index in [9.17, 15) is 9.18 Å². The molecule has 128 valence electrons. The second-order valence-electron chi connectivity index (χ2n) is 5.93. The van der Waals surface area contributed by atoms with Crippen molar-refractivity contribution in [1.29, 1.82) is 0 Å². The zero-order chi connectivity index (χ0) is 17.9. The molecule has 1 aliphatic heterocycles. The highest BCUT2D eigenvalue weighted by atomic mass is 19.1. The molecule has 1 unspecified atom stereocenters. The maximum Gasteiger partial charge on any atom is 0.247 e. The molecule has 1 amide bonds. The summed E-state index contributed by atoms with van der Waals surface area (Å²) in [5.74, 6) is -0.482. The van der Waals surface area contributed by atoms with Crippen molar-refractivity contribution in [2.45, 2.75) is 6.17 Å². The summed E-state index contributed by atoms with van der Waals surface area (Å²) >= 11 is 0. The first-order chi connectivity index (χ1) is 12.7. The molecule has 2 aromatic carbocycles. The lowest BCUT2D eigenvalue weighted by molar-refractivity contribution is -0.117. The first-order valence-electron chi connectivity index (χ1n) is 8.25. The minimum Gasteiger partial charge on any atom is -0.328 e. The summed E-state index contributed by atoms with van der Waals surface area (Å²) in [6.45, 7) is 0. The molecule has 4 rings (SSSR count). The molecule has 4 nitrogen and oxygen atoms in total. The van der Waals surface area contributed by atoms with Gasteiger partial charge in [0.15, 0.2) is 0 Å². The second kappa shape index (κ2) is 6.80. The second-order valence-corrected chi connectivity index (χ2v) is 5.93. The van der Waals surface area contributed by atoms with Gasteiger partial charge in [-0.3, -0.25) is 9.78 Å². The molecule has 0 spiro atoms. The Morgan fingerprint density at radius 2 is 1.62 bits per heavy atom. The van der Waals surface area contributed by atoms with Crippen molar-refractivity contribution in [3.05, 3.63) is 102 Å². The van der Waals surface area contributed by atoms with Crippen LogP contribution >= 0.6 is 0 Å². The number of carbonyl (C=O) groups excluding carboxylic acids is 1. The standard InChI is InChI=1S/C21H16FN3O/c22-17-6-8-18(9-7-17)25-19(15-10-12-23-13-11-15)14-20(26)24-21(25)16-4-2-1-3-5-16/h1-14,21H,(H,24,26). The van der Waals surface area contributed by atoms with Crippen LogP contribution in [0, 0.1) is 5.82 Å². The number of aromatic nitrogens is 1. The van der Waals surface area contributed by atoms with E-state index in [-0.39, 0.29) is 11.7 Å². The third kappa shape index (κ3) is 3.07. The Hall–Kier alpha value is -3.47. The van der Waals surface area contributed by atoms with Gasteiger partial charge in [-0.15, -0.1) is 0 Å². The fraction of sp³-hybridized carbons (Fsp3) is 0.0476. The molecule has 2 heterocycles. The van der Waals surface area contributed by atoms with Crippen LogP contribution in [0.5, 0.6) is 0 Å². The van der Waals surface area contributed by atoms with Crippen LogP contribution in [0.25, 0.3) is 5.70 Å². The van der Waals surface area contributed by atoms with Gasteiger partial charge >= 0.3 is 0 Å². The fourth-order valence-electron chi connectivity index (χ4n) is 3.08. The van der Waals surface area contributed by atoms with E-state index in [0.717, 1.165) is 22.5 Å². The van der Waals surface area contributed by atoms with Gasteiger partial charge in [0.25, 0.3) is 0 Å². The number of anilines is 1. The average molecular weight is 345 g/mol. The van der Waals surface area contributed by atoms with Crippen LogP contribution in [0.2, 0.25) is 0 Å². The molecule has 3 aromatic rings. The SMILES string of the molecule is O=C1C=C(c2ccncc2)N(c2ccc(F)cc2)C(c2ccccc2)N1. The van der Waals surface area contributed by atoms with Crippen LogP contribution in [0.1, 0.15) is 17.3 Å². The van der Waals surface area contributed by atoms with E-state index < -0.39 is 6.17 Å². The maximum atomic E-state index is 13.4. The van der Waals surface area contributed by atoms with Crippen molar-refractivity contribution in [3.8, 4) is 0 Å². The van der Waals surface area contributed by atoms with Crippen LogP contribution in [-0.2, 0) is 4.79 Å². The van der Waals surface area contributed by atoms with E-state index in [1.807, 2.05) is 47.4 Å². The maximum absolute atomic E-state index is 13.4. The first-order valence-corrected chi connectivity index (χ1v) is 8.25. The highest BCUT2D eigenvalue weighted by Gasteiger charge is 2.30. The predicted molar refractivity (Wildman–Crippen MR) is 98.4 cm³/mol. The number of halogens is 1. The molecule has 1 atom stereocenters. The van der Waals surface area contributed by atoms with Gasteiger partial charge in [-0.05, 0) is 42.0 Å². The number of rotatable bonds is 3. The van der Waals surface area contributed by atoms with Gasteiger partial charge < -0.3 is 10.2 Å². The van der Waals surface area contributed by atoms with Crippen molar-refractivity contribution in [2.75, 3.05) is 4.90 Å². The van der Waals surface area contributed by atoms with Gasteiger partial charge in [0, 0.05) is 29.7 Å². The van der Waals surface area contributed by atoms with E-state index in [2.05, 4.69) is 10.3 Å². The third-order valence-electron chi connectivity index (χ3n) is 4.26. The monoisotopic (exact) mass is 345 g/mol. The Balaban J connectivity index is 1.88. The number of hydrogen-bond acceptors (Lipinski definition) is 3. The van der Waals surface area contributed by atoms with Crippen molar-refractivity contribution in [3.63, 3.8) is 0 Å². The zero-order valence-electron chi connectivity index (χ0n) is 13.8. The van der Waals surface area contributed by atoms with Crippen LogP contribution in [-0.4, -0.2) is 10.9 Å². The molecule has 0 aliphatic carbocycles. The molecule has 1 aliphatic rings. The summed E-state index contributed by atoms with van der Waals surface area (Å²) in [6, 6.07) is 19.6. The Morgan fingerprint density at radius 1 is 0.923 bits per heavy atom. The highest BCUT2D eigenvalue weighted by molar-refractivity contribution is 6.01. The quantitative estimate of drug-likeness (QED) is 0.783. The fourth-order valence-corrected chi connectivity index (χ4v) is 3.08. The summed E-state index contributed by atoms with van der Waals surface area (Å²) in [6.07, 6.45) is 4.52. The normalized spacial score (nSPS) is 16.8. The Bertz CT molecular complexity index is 940. The summed E-state index contributed by atoms with van der Waals surface area (Å²) in [5.41, 5.74) is 3.31. The Labute approximate surface area is 150 Å². The minimum absolute atomic E-state index is 0.177. The largest absolute Gasteiger partial charge is 0.328 e. The van der Waals surface area contributed by atoms with Crippen LogP contribution in [0.3, 0.4) is 0 Å². The lowest BCUT2D eigenvalue weighted by Gasteiger charge is -2.39. The van der Waals surface area contributed by atoms with E-state index in [0.29, 0.717) is 0 Å². The molecule has 1 N–H and O–H groups in total. The van der Waals surface area contributed by atoms with E-state index in [4.69, 9.17) is 0 Å². The van der Waals surface area contributed by atoms with Crippen molar-refractivity contribution < 1.29 is 9.18 Å². The molecular weight excluding hydrogens is 329 g/mol. The van der Waals surface area contributed by atoms with Crippen molar-refractivity contribution >= 4 is 17.3 Å². The van der Waals surface area contributed by atoms with Crippen LogP contribution in [0.4, 0.5) is 10.1 Å². The van der Waals surface area contributed by atoms with E-state index in [1.54, 1.807) is 30.6 Å². The van der Waals surface area contributed by atoms with Crippen molar-refractivity contribution in [1.82, 2.24) is 10.3 Å². The molecule has 5 heteroatoms. The van der Waals surface area contributed by atoms with Gasteiger partial charge in [-0.2, -0.15) is 0 Å². The molecule has 0 radical (unpaired) electrons. The first kappa shape index (κ1) is 16.0. The van der Waals surface area contributed by atoms with Crippen molar-refractivity contribution in [2.24, 2.45) is 0 Å². The van der Waals surface area contributed by atoms with Gasteiger partial charge in [-0.1, -0.05) is 30.3 Å². The van der Waals surface area contributed by atoms with Gasteiger partial charge in [0.1, 0.15) is 12.0 Å². The minimum atomic E-state index is -0.401. The molecular formula is C21H16FN3O. The number of hydrogen-bond donors (Lipinski definition) is 1. The molecule has 0 fully saturated rings. The Morgan fingerprint density at radius 3 is 2.31 bits per heavy atom. The zero-order valence-corrected chi connectivity index (χ0v) is 13.8. The van der Waals surface area contributed by atoms with Gasteiger partial charge in [0.05, 0.1) is 5.70 Å². The summed E-state index contributed by atoms with van der Waals surface area (Å²) < 4.78 is 13.4.